The quantitative estimate of drug-likeness (QED) is 0.195. The second-order valence-corrected chi connectivity index (χ2v) is 14.7. The molecule has 2 saturated heterocycles. The molecular weight excluding hydrogens is 600 g/mol. The van der Waals surface area contributed by atoms with E-state index in [-0.39, 0.29) is 17.7 Å². The van der Waals surface area contributed by atoms with Crippen LogP contribution in [0.25, 0.3) is 33.5 Å². The Balaban J connectivity index is 1.12. The minimum atomic E-state index is 0.0442. The number of ether oxygens (including phenoxy) is 1. The topological polar surface area (TPSA) is 85.5 Å². The minimum Gasteiger partial charge on any atom is -0.494 e. The third-order valence-corrected chi connectivity index (χ3v) is 11.4. The fourth-order valence-electron chi connectivity index (χ4n) is 8.54. The first kappa shape index (κ1) is 29.5. The Bertz CT molecular complexity index is 2090. The second kappa shape index (κ2) is 11.2. The summed E-state index contributed by atoms with van der Waals surface area (Å²) < 4.78 is 10.8. The van der Waals surface area contributed by atoms with E-state index in [1.54, 1.807) is 19.4 Å². The molecule has 9 heteroatoms. The Hall–Kier alpha value is -4.66. The highest BCUT2D eigenvalue weighted by atomic mass is 16.5. The van der Waals surface area contributed by atoms with Crippen molar-refractivity contribution in [2.24, 2.45) is 23.7 Å². The molecule has 3 unspecified atom stereocenters. The number of benzene rings is 2. The first-order valence-electron chi connectivity index (χ1n) is 17.6. The van der Waals surface area contributed by atoms with Crippen LogP contribution in [-0.4, -0.2) is 73.5 Å². The van der Waals surface area contributed by atoms with Gasteiger partial charge in [-0.25, -0.2) is 4.98 Å². The van der Waals surface area contributed by atoms with E-state index >= 15 is 0 Å². The summed E-state index contributed by atoms with van der Waals surface area (Å²) in [6, 6.07) is 18.7. The average molecular weight is 643 g/mol. The Labute approximate surface area is 280 Å². The molecule has 3 aromatic heterocycles. The molecule has 0 spiro atoms. The second-order valence-electron chi connectivity index (χ2n) is 14.7. The maximum Gasteiger partial charge on any atom is 0.254 e. The van der Waals surface area contributed by atoms with Crippen LogP contribution in [-0.2, 0) is 13.1 Å². The van der Waals surface area contributed by atoms with Gasteiger partial charge in [0.05, 0.1) is 18.3 Å². The fraction of sp³-hybridized carbons (Fsp3) is 0.436. The van der Waals surface area contributed by atoms with Gasteiger partial charge in [-0.05, 0) is 86.8 Å². The molecule has 2 aliphatic heterocycles. The van der Waals surface area contributed by atoms with Crippen LogP contribution in [0, 0.1) is 30.6 Å². The zero-order valence-corrected chi connectivity index (χ0v) is 27.9. The molecule has 2 amide bonds. The first-order valence-corrected chi connectivity index (χ1v) is 17.6. The number of methoxy groups -OCH3 is 1. The van der Waals surface area contributed by atoms with Crippen LogP contribution in [0.2, 0.25) is 0 Å². The molecule has 5 heterocycles. The van der Waals surface area contributed by atoms with Crippen molar-refractivity contribution in [2.45, 2.75) is 58.7 Å². The van der Waals surface area contributed by atoms with Gasteiger partial charge < -0.3 is 23.7 Å². The number of aromatic nitrogens is 4. The zero-order chi connectivity index (χ0) is 32.7. The molecule has 4 aliphatic rings. The van der Waals surface area contributed by atoms with Gasteiger partial charge in [-0.1, -0.05) is 25.1 Å². The Kier molecular flexibility index (Phi) is 6.88. The van der Waals surface area contributed by atoms with Crippen molar-refractivity contribution in [2.75, 3.05) is 26.7 Å². The van der Waals surface area contributed by atoms with Crippen molar-refractivity contribution in [3.63, 3.8) is 0 Å². The molecule has 9 nitrogen and oxygen atoms in total. The van der Waals surface area contributed by atoms with E-state index in [9.17, 15) is 9.59 Å². The Morgan fingerprint density at radius 1 is 0.875 bits per heavy atom. The summed E-state index contributed by atoms with van der Waals surface area (Å²) in [6.07, 6.45) is 6.51. The van der Waals surface area contributed by atoms with E-state index in [0.29, 0.717) is 60.3 Å². The molecule has 48 heavy (non-hydrogen) atoms. The average Bonchev–Trinajstić information content (AvgIpc) is 3.63. The van der Waals surface area contributed by atoms with Crippen LogP contribution in [0.5, 0.6) is 5.75 Å². The van der Waals surface area contributed by atoms with Crippen molar-refractivity contribution in [1.29, 1.82) is 0 Å². The van der Waals surface area contributed by atoms with Gasteiger partial charge in [-0.15, -0.1) is 0 Å². The summed E-state index contributed by atoms with van der Waals surface area (Å²) in [5.41, 5.74) is 6.13. The highest BCUT2D eigenvalue weighted by Gasteiger charge is 2.47. The summed E-state index contributed by atoms with van der Waals surface area (Å²) in [5, 5.41) is 1.20. The van der Waals surface area contributed by atoms with Crippen molar-refractivity contribution < 1.29 is 14.3 Å². The molecule has 5 aromatic rings. The Morgan fingerprint density at radius 2 is 1.69 bits per heavy atom. The lowest BCUT2D eigenvalue weighted by molar-refractivity contribution is 0.0471. The maximum absolute atomic E-state index is 14.0. The van der Waals surface area contributed by atoms with E-state index in [1.165, 1.54) is 30.2 Å². The molecule has 9 rings (SSSR count). The Morgan fingerprint density at radius 3 is 2.42 bits per heavy atom. The highest BCUT2D eigenvalue weighted by Crippen LogP contribution is 2.45. The summed E-state index contributed by atoms with van der Waals surface area (Å²) in [4.78, 5) is 40.9. The molecule has 2 aliphatic carbocycles. The smallest absolute Gasteiger partial charge is 0.254 e. The van der Waals surface area contributed by atoms with Crippen LogP contribution < -0.4 is 4.74 Å². The van der Waals surface area contributed by atoms with Crippen LogP contribution >= 0.6 is 0 Å². The van der Waals surface area contributed by atoms with Gasteiger partial charge in [0.2, 0.25) is 0 Å². The largest absolute Gasteiger partial charge is 0.494 e. The lowest BCUT2D eigenvalue weighted by Gasteiger charge is -2.40. The fourth-order valence-corrected chi connectivity index (χ4v) is 8.54. The number of amides is 2. The van der Waals surface area contributed by atoms with E-state index in [1.807, 2.05) is 30.0 Å². The first-order chi connectivity index (χ1) is 23.4. The van der Waals surface area contributed by atoms with Crippen molar-refractivity contribution in [3.8, 4) is 17.3 Å². The monoisotopic (exact) mass is 642 g/mol. The van der Waals surface area contributed by atoms with Crippen LogP contribution in [0.15, 0.2) is 60.8 Å². The number of carbonyl (C=O) groups excluding carboxylic acids is 2. The van der Waals surface area contributed by atoms with Crippen molar-refractivity contribution in [1.82, 2.24) is 28.9 Å². The zero-order valence-electron chi connectivity index (χ0n) is 27.9. The third-order valence-electron chi connectivity index (χ3n) is 11.4. The number of aryl methyl sites for hydroxylation is 1. The summed E-state index contributed by atoms with van der Waals surface area (Å²) in [5.74, 6) is 3.75. The van der Waals surface area contributed by atoms with Crippen LogP contribution in [0.1, 0.15) is 59.0 Å². The van der Waals surface area contributed by atoms with Gasteiger partial charge in [-0.3, -0.25) is 14.6 Å². The number of fused-ring (bicyclic) bond motifs is 3. The number of rotatable bonds is 8. The van der Waals surface area contributed by atoms with Gasteiger partial charge in [0, 0.05) is 78.6 Å². The lowest BCUT2D eigenvalue weighted by Crippen LogP contribution is -2.51. The van der Waals surface area contributed by atoms with Gasteiger partial charge in [0.15, 0.2) is 5.82 Å². The number of likely N-dealkylation sites (tertiary alicyclic amines) is 2. The number of hydrogen-bond acceptors (Lipinski definition) is 5. The summed E-state index contributed by atoms with van der Waals surface area (Å²) in [6.45, 7) is 7.97. The summed E-state index contributed by atoms with van der Waals surface area (Å²) in [7, 11) is 1.68. The van der Waals surface area contributed by atoms with E-state index in [4.69, 9.17) is 9.72 Å². The van der Waals surface area contributed by atoms with Crippen LogP contribution in [0.4, 0.5) is 0 Å². The molecule has 2 aromatic carbocycles. The maximum atomic E-state index is 14.0. The highest BCUT2D eigenvalue weighted by molar-refractivity contribution is 6.00. The number of imidazole rings is 1. The molecule has 0 bridgehead atoms. The predicted octanol–water partition coefficient (Wildman–Crippen LogP) is 6.42. The minimum absolute atomic E-state index is 0.0442. The molecule has 0 N–H and O–H groups in total. The van der Waals surface area contributed by atoms with Crippen molar-refractivity contribution >= 4 is 33.8 Å². The van der Waals surface area contributed by atoms with Gasteiger partial charge >= 0.3 is 0 Å². The molecule has 0 radical (unpaired) electrons. The standard InChI is InChI=1S/C39H42N6O3/c1-23-18-44(33-11-10-30(23)33)39(47)29-15-31-36(35(17-29)48-3)45(22-26-19-42(20-26)38(46)28-12-13-40-24(2)14-28)37(41-31)34-16-27-6-4-5-7-32(27)43(34)21-25-8-9-25/h4-7,12-17,23,25-26,30,33H,8-11,18-22H2,1-3H3. The molecular formula is C39H42N6O3. The third kappa shape index (κ3) is 4.80. The van der Waals surface area contributed by atoms with E-state index in [2.05, 4.69) is 56.3 Å². The normalized spacial score (nSPS) is 22.2. The molecule has 246 valence electrons. The molecule has 4 fully saturated rings. The SMILES string of the molecule is COc1cc(C(=O)N2CC(C)C3CCC32)cc2nc(-c3cc4ccccc4n3CC3CC3)n(CC3CN(C(=O)c4ccnc(C)c4)C3)c12. The van der Waals surface area contributed by atoms with Crippen molar-refractivity contribution in [3.05, 3.63) is 77.6 Å². The summed E-state index contributed by atoms with van der Waals surface area (Å²) >= 11 is 0. The van der Waals surface area contributed by atoms with E-state index in [0.717, 1.165) is 47.8 Å². The van der Waals surface area contributed by atoms with Gasteiger partial charge in [0.25, 0.3) is 11.8 Å². The van der Waals surface area contributed by atoms with Crippen LogP contribution in [0.3, 0.4) is 0 Å². The molecule has 2 saturated carbocycles. The van der Waals surface area contributed by atoms with E-state index < -0.39 is 0 Å². The van der Waals surface area contributed by atoms with Gasteiger partial charge in [-0.2, -0.15) is 0 Å². The number of nitrogens with zero attached hydrogens (tertiary/aromatic N) is 6. The predicted molar refractivity (Wildman–Crippen MR) is 185 cm³/mol. The van der Waals surface area contributed by atoms with Gasteiger partial charge in [0.1, 0.15) is 11.3 Å². The number of hydrogen-bond donors (Lipinski definition) is 0. The number of carbonyl (C=O) groups is 2. The number of para-hydroxylation sites is 1. The number of pyridine rings is 1. The lowest BCUT2D eigenvalue weighted by atomic mass is 9.76. The molecule has 3 atom stereocenters.